The molecule has 3 heteroatoms. The van der Waals surface area contributed by atoms with Crippen LogP contribution in [0.25, 0.3) is 10.1 Å². The van der Waals surface area contributed by atoms with Crippen molar-refractivity contribution in [2.24, 2.45) is 0 Å². The molecule has 0 atom stereocenters. The standard InChI is InChI=1S/C14H13NS2/c1-2-13(16-8-1)5-7-15-12-3-4-14-11(10-12)6-9-17-14/h1-4,6,8-10,15H,5,7H2. The van der Waals surface area contributed by atoms with Gasteiger partial charge in [-0.3, -0.25) is 0 Å². The van der Waals surface area contributed by atoms with Gasteiger partial charge >= 0.3 is 0 Å². The monoisotopic (exact) mass is 259 g/mol. The van der Waals surface area contributed by atoms with Crippen molar-refractivity contribution in [3.8, 4) is 0 Å². The molecular weight excluding hydrogens is 246 g/mol. The van der Waals surface area contributed by atoms with Gasteiger partial charge in [-0.25, -0.2) is 0 Å². The Kier molecular flexibility index (Phi) is 3.12. The summed E-state index contributed by atoms with van der Waals surface area (Å²) in [6.45, 7) is 0.996. The van der Waals surface area contributed by atoms with Gasteiger partial charge in [0.15, 0.2) is 0 Å². The fourth-order valence-electron chi connectivity index (χ4n) is 1.86. The minimum Gasteiger partial charge on any atom is -0.385 e. The van der Waals surface area contributed by atoms with Gasteiger partial charge in [0.1, 0.15) is 0 Å². The minimum atomic E-state index is 0.996. The Morgan fingerprint density at radius 1 is 1.00 bits per heavy atom. The third kappa shape index (κ3) is 2.51. The molecule has 0 aliphatic rings. The maximum Gasteiger partial charge on any atom is 0.0347 e. The average molecular weight is 259 g/mol. The summed E-state index contributed by atoms with van der Waals surface area (Å²) in [5.74, 6) is 0. The number of anilines is 1. The third-order valence-corrected chi connectivity index (χ3v) is 4.57. The van der Waals surface area contributed by atoms with Crippen LogP contribution in [0.4, 0.5) is 5.69 Å². The van der Waals surface area contributed by atoms with E-state index in [1.54, 1.807) is 11.3 Å². The number of benzene rings is 1. The highest BCUT2D eigenvalue weighted by atomic mass is 32.1. The van der Waals surface area contributed by atoms with Crippen LogP contribution in [0.3, 0.4) is 0 Å². The third-order valence-electron chi connectivity index (χ3n) is 2.73. The van der Waals surface area contributed by atoms with Crippen LogP contribution in [0.5, 0.6) is 0 Å². The molecule has 2 aromatic heterocycles. The lowest BCUT2D eigenvalue weighted by molar-refractivity contribution is 1.05. The zero-order valence-corrected chi connectivity index (χ0v) is 11.0. The van der Waals surface area contributed by atoms with E-state index in [1.807, 2.05) is 11.3 Å². The van der Waals surface area contributed by atoms with E-state index >= 15 is 0 Å². The minimum absolute atomic E-state index is 0.996. The summed E-state index contributed by atoms with van der Waals surface area (Å²) < 4.78 is 1.36. The average Bonchev–Trinajstić information content (AvgIpc) is 2.98. The first kappa shape index (κ1) is 10.8. The second-order valence-electron chi connectivity index (χ2n) is 3.93. The summed E-state index contributed by atoms with van der Waals surface area (Å²) in [7, 11) is 0. The molecule has 0 aliphatic heterocycles. The fraction of sp³-hybridized carbons (Fsp3) is 0.143. The highest BCUT2D eigenvalue weighted by molar-refractivity contribution is 7.17. The van der Waals surface area contributed by atoms with Gasteiger partial charge in [-0.1, -0.05) is 6.07 Å². The summed E-state index contributed by atoms with van der Waals surface area (Å²) >= 11 is 3.62. The number of thiophene rings is 2. The molecule has 0 spiro atoms. The Bertz CT molecular complexity index is 596. The van der Waals surface area contributed by atoms with Crippen molar-refractivity contribution >= 4 is 38.4 Å². The van der Waals surface area contributed by atoms with Crippen molar-refractivity contribution in [1.29, 1.82) is 0 Å². The molecule has 3 rings (SSSR count). The van der Waals surface area contributed by atoms with Gasteiger partial charge < -0.3 is 5.32 Å². The van der Waals surface area contributed by atoms with Crippen LogP contribution in [-0.2, 0) is 6.42 Å². The lowest BCUT2D eigenvalue weighted by Crippen LogP contribution is -2.03. The fourth-order valence-corrected chi connectivity index (χ4v) is 3.34. The largest absolute Gasteiger partial charge is 0.385 e. The first-order valence-corrected chi connectivity index (χ1v) is 7.41. The molecule has 1 aromatic carbocycles. The van der Waals surface area contributed by atoms with Crippen molar-refractivity contribution in [2.45, 2.75) is 6.42 Å². The SMILES string of the molecule is c1csc(CCNc2ccc3sccc3c2)c1. The van der Waals surface area contributed by atoms with Gasteiger partial charge in [-0.15, -0.1) is 22.7 Å². The molecule has 86 valence electrons. The van der Waals surface area contributed by atoms with E-state index in [2.05, 4.69) is 52.5 Å². The zero-order valence-electron chi connectivity index (χ0n) is 9.35. The van der Waals surface area contributed by atoms with Crippen molar-refractivity contribution < 1.29 is 0 Å². The van der Waals surface area contributed by atoms with Gasteiger partial charge in [0.2, 0.25) is 0 Å². The summed E-state index contributed by atoms with van der Waals surface area (Å²) in [4.78, 5) is 1.44. The predicted molar refractivity (Wildman–Crippen MR) is 78.3 cm³/mol. The van der Waals surface area contributed by atoms with Crippen LogP contribution >= 0.6 is 22.7 Å². The van der Waals surface area contributed by atoms with E-state index in [4.69, 9.17) is 0 Å². The second kappa shape index (κ2) is 4.90. The van der Waals surface area contributed by atoms with Gasteiger partial charge in [0, 0.05) is 21.8 Å². The van der Waals surface area contributed by atoms with Crippen LogP contribution in [0, 0.1) is 0 Å². The molecule has 2 heterocycles. The summed E-state index contributed by atoms with van der Waals surface area (Å²) in [5, 5.41) is 9.08. The van der Waals surface area contributed by atoms with Crippen LogP contribution in [-0.4, -0.2) is 6.54 Å². The number of hydrogen-bond donors (Lipinski definition) is 1. The lowest BCUT2D eigenvalue weighted by atomic mass is 10.2. The maximum absolute atomic E-state index is 3.48. The van der Waals surface area contributed by atoms with E-state index < -0.39 is 0 Å². The molecule has 0 bridgehead atoms. The van der Waals surface area contributed by atoms with E-state index in [-0.39, 0.29) is 0 Å². The van der Waals surface area contributed by atoms with Crippen LogP contribution in [0.2, 0.25) is 0 Å². The molecule has 0 saturated carbocycles. The first-order valence-electron chi connectivity index (χ1n) is 5.65. The predicted octanol–water partition coefficient (Wildman–Crippen LogP) is 4.62. The first-order chi connectivity index (χ1) is 8.42. The summed E-state index contributed by atoms with van der Waals surface area (Å²) in [5.41, 5.74) is 1.22. The molecule has 17 heavy (non-hydrogen) atoms. The molecule has 1 N–H and O–H groups in total. The molecule has 0 fully saturated rings. The van der Waals surface area contributed by atoms with Crippen molar-refractivity contribution in [3.63, 3.8) is 0 Å². The Hall–Kier alpha value is -1.32. The second-order valence-corrected chi connectivity index (χ2v) is 5.91. The molecular formula is C14H13NS2. The van der Waals surface area contributed by atoms with Crippen LogP contribution < -0.4 is 5.32 Å². The smallest absolute Gasteiger partial charge is 0.0347 e. The van der Waals surface area contributed by atoms with E-state index in [0.717, 1.165) is 13.0 Å². The molecule has 0 aliphatic carbocycles. The number of nitrogens with one attached hydrogen (secondary N) is 1. The van der Waals surface area contributed by atoms with E-state index in [9.17, 15) is 0 Å². The number of rotatable bonds is 4. The Morgan fingerprint density at radius 2 is 2.00 bits per heavy atom. The van der Waals surface area contributed by atoms with Crippen LogP contribution in [0.15, 0.2) is 47.2 Å². The van der Waals surface area contributed by atoms with E-state index in [0.29, 0.717) is 0 Å². The Labute approximate surface area is 109 Å². The van der Waals surface area contributed by atoms with E-state index in [1.165, 1.54) is 20.7 Å². The summed E-state index contributed by atoms with van der Waals surface area (Å²) in [6.07, 6.45) is 1.10. The topological polar surface area (TPSA) is 12.0 Å². The highest BCUT2D eigenvalue weighted by Gasteiger charge is 1.98. The van der Waals surface area contributed by atoms with Gasteiger partial charge in [-0.05, 0) is 52.9 Å². The number of hydrogen-bond acceptors (Lipinski definition) is 3. The van der Waals surface area contributed by atoms with Crippen molar-refractivity contribution in [2.75, 3.05) is 11.9 Å². The number of fused-ring (bicyclic) bond motifs is 1. The van der Waals surface area contributed by atoms with Gasteiger partial charge in [0.05, 0.1) is 0 Å². The summed E-state index contributed by atoms with van der Waals surface area (Å²) in [6, 6.07) is 13.0. The van der Waals surface area contributed by atoms with Crippen LogP contribution in [0.1, 0.15) is 4.88 Å². The quantitative estimate of drug-likeness (QED) is 0.721. The zero-order chi connectivity index (χ0) is 11.5. The Morgan fingerprint density at radius 3 is 2.88 bits per heavy atom. The molecule has 0 saturated heterocycles. The normalized spacial score (nSPS) is 10.8. The molecule has 0 amide bonds. The molecule has 0 radical (unpaired) electrons. The maximum atomic E-state index is 3.48. The molecule has 0 unspecified atom stereocenters. The lowest BCUT2D eigenvalue weighted by Gasteiger charge is -2.05. The van der Waals surface area contributed by atoms with Crippen molar-refractivity contribution in [1.82, 2.24) is 0 Å². The van der Waals surface area contributed by atoms with Gasteiger partial charge in [-0.2, -0.15) is 0 Å². The highest BCUT2D eigenvalue weighted by Crippen LogP contribution is 2.24. The van der Waals surface area contributed by atoms with Gasteiger partial charge in [0.25, 0.3) is 0 Å². The Balaban J connectivity index is 1.64. The van der Waals surface area contributed by atoms with Crippen molar-refractivity contribution in [3.05, 3.63) is 52.0 Å². The molecule has 3 aromatic rings. The molecule has 1 nitrogen and oxygen atoms in total.